The fourth-order valence-electron chi connectivity index (χ4n) is 7.07. The van der Waals surface area contributed by atoms with Crippen LogP contribution in [0, 0.1) is 0 Å². The fourth-order valence-corrected chi connectivity index (χ4v) is 7.07. The molecule has 210 valence electrons. The minimum Gasteiger partial charge on any atom is -0.380 e. The minimum absolute atomic E-state index is 0.123. The second-order valence-corrected chi connectivity index (χ2v) is 12.3. The second-order valence-electron chi connectivity index (χ2n) is 12.3. The SMILES string of the molecule is O=C(C1CNC(c2ccc3ncccc3c2)C2(CCCCCCCCC2)N1)N1CCN(C(=O)C2(O)CC2)CC1. The third kappa shape index (κ3) is 5.56. The van der Waals surface area contributed by atoms with Gasteiger partial charge in [-0.25, -0.2) is 0 Å². The summed E-state index contributed by atoms with van der Waals surface area (Å²) in [5.41, 5.74) is 0.927. The summed E-state index contributed by atoms with van der Waals surface area (Å²) in [4.78, 5) is 34.6. The molecule has 39 heavy (non-hydrogen) atoms. The highest BCUT2D eigenvalue weighted by Crippen LogP contribution is 2.40. The van der Waals surface area contributed by atoms with E-state index in [2.05, 4.69) is 39.9 Å². The Labute approximate surface area is 231 Å². The van der Waals surface area contributed by atoms with Crippen molar-refractivity contribution in [1.82, 2.24) is 25.4 Å². The predicted octanol–water partition coefficient (Wildman–Crippen LogP) is 3.30. The molecule has 0 radical (unpaired) electrons. The number of carbonyl (C=O) groups excluding carboxylic acids is 2. The standard InChI is InChI=1S/C31H43N5O3/c37-28(35-17-19-36(20-18-35)29(38)31(39)14-15-31)26-22-33-27(24-10-11-25-23(21-24)9-8-16-32-25)30(34-26)12-6-4-2-1-3-5-7-13-30/h8-11,16,21,26-27,33-34,39H,1-7,12-15,17-20,22H2. The number of aliphatic hydroxyl groups is 1. The van der Waals surface area contributed by atoms with Crippen molar-refractivity contribution >= 4 is 22.7 Å². The van der Waals surface area contributed by atoms with Crippen molar-refractivity contribution in [3.8, 4) is 0 Å². The number of amides is 2. The quantitative estimate of drug-likeness (QED) is 0.560. The van der Waals surface area contributed by atoms with Gasteiger partial charge in [-0.15, -0.1) is 0 Å². The van der Waals surface area contributed by atoms with E-state index >= 15 is 0 Å². The number of rotatable bonds is 3. The molecule has 2 aromatic rings. The molecule has 2 amide bonds. The highest BCUT2D eigenvalue weighted by Gasteiger charge is 2.51. The molecular formula is C31H43N5O3. The van der Waals surface area contributed by atoms with Crippen molar-refractivity contribution in [1.29, 1.82) is 0 Å². The summed E-state index contributed by atoms with van der Waals surface area (Å²) < 4.78 is 0. The highest BCUT2D eigenvalue weighted by atomic mass is 16.3. The van der Waals surface area contributed by atoms with Crippen molar-refractivity contribution in [2.45, 2.75) is 93.9 Å². The molecule has 1 aromatic heterocycles. The maximum absolute atomic E-state index is 13.8. The summed E-state index contributed by atoms with van der Waals surface area (Å²) in [5.74, 6) is -0.0432. The lowest BCUT2D eigenvalue weighted by Crippen LogP contribution is -2.69. The number of carbonyl (C=O) groups is 2. The largest absolute Gasteiger partial charge is 0.380 e. The number of pyridine rings is 1. The minimum atomic E-state index is -1.14. The Morgan fingerprint density at radius 2 is 1.54 bits per heavy atom. The average molecular weight is 534 g/mol. The lowest BCUT2D eigenvalue weighted by molar-refractivity contribution is -0.148. The number of aromatic nitrogens is 1. The highest BCUT2D eigenvalue weighted by molar-refractivity contribution is 5.88. The number of fused-ring (bicyclic) bond motifs is 1. The molecule has 2 atom stereocenters. The van der Waals surface area contributed by atoms with Gasteiger partial charge in [0.2, 0.25) is 5.91 Å². The van der Waals surface area contributed by atoms with Crippen LogP contribution in [0.2, 0.25) is 0 Å². The zero-order chi connectivity index (χ0) is 26.9. The molecule has 2 saturated heterocycles. The summed E-state index contributed by atoms with van der Waals surface area (Å²) in [6, 6.07) is 10.6. The Balaban J connectivity index is 1.21. The topological polar surface area (TPSA) is 97.8 Å². The van der Waals surface area contributed by atoms with Crippen molar-refractivity contribution in [3.05, 3.63) is 42.1 Å². The molecule has 4 fully saturated rings. The summed E-state index contributed by atoms with van der Waals surface area (Å²) in [5, 5.41) is 19.2. The van der Waals surface area contributed by atoms with Crippen LogP contribution in [0.3, 0.4) is 0 Å². The number of hydrogen-bond acceptors (Lipinski definition) is 6. The zero-order valence-electron chi connectivity index (χ0n) is 23.0. The van der Waals surface area contributed by atoms with Gasteiger partial charge < -0.3 is 20.2 Å². The molecule has 1 spiro atoms. The van der Waals surface area contributed by atoms with Crippen LogP contribution in [0.5, 0.6) is 0 Å². The molecule has 2 unspecified atom stereocenters. The van der Waals surface area contributed by atoms with Crippen molar-refractivity contribution in [2.24, 2.45) is 0 Å². The first-order chi connectivity index (χ1) is 19.0. The van der Waals surface area contributed by atoms with Gasteiger partial charge in [-0.05, 0) is 49.4 Å². The zero-order valence-corrected chi connectivity index (χ0v) is 23.0. The van der Waals surface area contributed by atoms with Gasteiger partial charge in [0.05, 0.1) is 17.6 Å². The van der Waals surface area contributed by atoms with Gasteiger partial charge in [0.15, 0.2) is 0 Å². The first-order valence-electron chi connectivity index (χ1n) is 15.1. The molecule has 8 heteroatoms. The molecule has 8 nitrogen and oxygen atoms in total. The molecule has 2 saturated carbocycles. The van der Waals surface area contributed by atoms with Gasteiger partial charge in [-0.2, -0.15) is 0 Å². The number of nitrogens with zero attached hydrogens (tertiary/aromatic N) is 3. The molecule has 1 aromatic carbocycles. The van der Waals surface area contributed by atoms with Crippen LogP contribution in [0.1, 0.15) is 82.2 Å². The summed E-state index contributed by atoms with van der Waals surface area (Å²) in [6.45, 7) is 2.60. The van der Waals surface area contributed by atoms with E-state index in [-0.39, 0.29) is 29.4 Å². The molecule has 3 N–H and O–H groups in total. The van der Waals surface area contributed by atoms with Crippen LogP contribution >= 0.6 is 0 Å². The summed E-state index contributed by atoms with van der Waals surface area (Å²) in [6.07, 6.45) is 13.7. The van der Waals surface area contributed by atoms with Crippen molar-refractivity contribution in [3.63, 3.8) is 0 Å². The van der Waals surface area contributed by atoms with E-state index < -0.39 is 5.60 Å². The molecule has 3 heterocycles. The maximum atomic E-state index is 13.8. The van der Waals surface area contributed by atoms with Gasteiger partial charge >= 0.3 is 0 Å². The average Bonchev–Trinajstić information content (AvgIpc) is 3.74. The number of nitrogens with one attached hydrogen (secondary N) is 2. The summed E-state index contributed by atoms with van der Waals surface area (Å²) in [7, 11) is 0. The lowest BCUT2D eigenvalue weighted by Gasteiger charge is -2.50. The third-order valence-corrected chi connectivity index (χ3v) is 9.54. The molecular weight excluding hydrogens is 490 g/mol. The van der Waals surface area contributed by atoms with E-state index in [0.29, 0.717) is 45.6 Å². The van der Waals surface area contributed by atoms with E-state index in [1.54, 1.807) is 4.90 Å². The van der Waals surface area contributed by atoms with E-state index in [0.717, 1.165) is 36.6 Å². The van der Waals surface area contributed by atoms with E-state index in [1.165, 1.54) is 37.7 Å². The molecule has 2 aliphatic carbocycles. The van der Waals surface area contributed by atoms with Gasteiger partial charge in [0.25, 0.3) is 5.91 Å². The van der Waals surface area contributed by atoms with Crippen molar-refractivity contribution in [2.75, 3.05) is 32.7 Å². The van der Waals surface area contributed by atoms with E-state index in [4.69, 9.17) is 0 Å². The Morgan fingerprint density at radius 3 is 2.23 bits per heavy atom. The van der Waals surface area contributed by atoms with Crippen molar-refractivity contribution < 1.29 is 14.7 Å². The number of benzene rings is 1. The molecule has 0 bridgehead atoms. The first-order valence-corrected chi connectivity index (χ1v) is 15.1. The van der Waals surface area contributed by atoms with Gasteiger partial charge in [0.1, 0.15) is 5.60 Å². The van der Waals surface area contributed by atoms with Gasteiger partial charge in [-0.3, -0.25) is 19.9 Å². The molecule has 6 rings (SSSR count). The monoisotopic (exact) mass is 533 g/mol. The van der Waals surface area contributed by atoms with Gasteiger partial charge in [-0.1, -0.05) is 57.1 Å². The predicted molar refractivity (Wildman–Crippen MR) is 151 cm³/mol. The van der Waals surface area contributed by atoms with E-state index in [1.807, 2.05) is 17.2 Å². The Hall–Kier alpha value is -2.55. The Morgan fingerprint density at radius 1 is 0.872 bits per heavy atom. The van der Waals surface area contributed by atoms with Crippen LogP contribution in [-0.2, 0) is 9.59 Å². The van der Waals surface area contributed by atoms with Crippen LogP contribution in [0.4, 0.5) is 0 Å². The summed E-state index contributed by atoms with van der Waals surface area (Å²) >= 11 is 0. The molecule has 4 aliphatic rings. The van der Waals surface area contributed by atoms with Gasteiger partial charge in [0, 0.05) is 49.8 Å². The molecule has 2 aliphatic heterocycles. The first kappa shape index (κ1) is 26.7. The van der Waals surface area contributed by atoms with Crippen LogP contribution in [0.15, 0.2) is 36.5 Å². The Kier molecular flexibility index (Phi) is 7.62. The normalized spacial score (nSPS) is 27.3. The Bertz CT molecular complexity index is 1180. The fraction of sp³-hybridized carbons (Fsp3) is 0.645. The van der Waals surface area contributed by atoms with E-state index in [9.17, 15) is 14.7 Å². The number of piperazine rings is 2. The lowest BCUT2D eigenvalue weighted by atomic mass is 9.74. The maximum Gasteiger partial charge on any atom is 0.254 e. The van der Waals surface area contributed by atoms with Crippen LogP contribution in [-0.4, -0.2) is 81.6 Å². The van der Waals surface area contributed by atoms with Crippen LogP contribution < -0.4 is 10.6 Å². The smallest absolute Gasteiger partial charge is 0.254 e. The van der Waals surface area contributed by atoms with Crippen LogP contribution in [0.25, 0.3) is 10.9 Å². The third-order valence-electron chi connectivity index (χ3n) is 9.54. The second kappa shape index (κ2) is 11.1. The number of hydrogen-bond donors (Lipinski definition) is 3.